The number of ether oxygens (including phenoxy) is 1. The smallest absolute Gasteiger partial charge is 0.122 e. The van der Waals surface area contributed by atoms with E-state index in [9.17, 15) is 0 Å². The average molecular weight is 226 g/mol. The molecule has 0 saturated carbocycles. The number of hydrogen-bond acceptors (Lipinski definition) is 3. The SMILES string of the molecule is Nc1ccccc1Nc1ccc2c(c1)CCO2. The molecule has 3 nitrogen and oxygen atoms in total. The highest BCUT2D eigenvalue weighted by molar-refractivity contribution is 5.73. The molecule has 0 amide bonds. The number of rotatable bonds is 2. The van der Waals surface area contributed by atoms with Crippen molar-refractivity contribution in [2.75, 3.05) is 17.7 Å². The molecule has 0 atom stereocenters. The molecule has 0 aromatic heterocycles. The largest absolute Gasteiger partial charge is 0.493 e. The van der Waals surface area contributed by atoms with E-state index in [0.717, 1.165) is 35.8 Å². The molecule has 0 fully saturated rings. The van der Waals surface area contributed by atoms with Crippen molar-refractivity contribution in [1.29, 1.82) is 0 Å². The number of fused-ring (bicyclic) bond motifs is 1. The van der Waals surface area contributed by atoms with Crippen molar-refractivity contribution >= 4 is 17.1 Å². The van der Waals surface area contributed by atoms with E-state index in [0.29, 0.717) is 0 Å². The lowest BCUT2D eigenvalue weighted by Gasteiger charge is -2.10. The van der Waals surface area contributed by atoms with E-state index in [4.69, 9.17) is 10.5 Å². The van der Waals surface area contributed by atoms with Crippen LogP contribution in [0.1, 0.15) is 5.56 Å². The van der Waals surface area contributed by atoms with Crippen LogP contribution in [0.15, 0.2) is 42.5 Å². The third-order valence-corrected chi connectivity index (χ3v) is 2.93. The van der Waals surface area contributed by atoms with Crippen LogP contribution in [0.25, 0.3) is 0 Å². The van der Waals surface area contributed by atoms with E-state index in [1.54, 1.807) is 0 Å². The molecule has 1 aliphatic heterocycles. The van der Waals surface area contributed by atoms with Crippen LogP contribution in [0.4, 0.5) is 17.1 Å². The van der Waals surface area contributed by atoms with E-state index in [1.165, 1.54) is 5.56 Å². The summed E-state index contributed by atoms with van der Waals surface area (Å²) in [6.07, 6.45) is 0.981. The van der Waals surface area contributed by atoms with Gasteiger partial charge >= 0.3 is 0 Å². The Balaban J connectivity index is 1.89. The summed E-state index contributed by atoms with van der Waals surface area (Å²) in [5.74, 6) is 0.997. The van der Waals surface area contributed by atoms with Crippen molar-refractivity contribution in [2.45, 2.75) is 6.42 Å². The van der Waals surface area contributed by atoms with Crippen LogP contribution in [0, 0.1) is 0 Å². The fourth-order valence-corrected chi connectivity index (χ4v) is 2.03. The van der Waals surface area contributed by atoms with Crippen LogP contribution in [0.2, 0.25) is 0 Å². The first-order chi connectivity index (χ1) is 8.33. The third-order valence-electron chi connectivity index (χ3n) is 2.93. The van der Waals surface area contributed by atoms with Crippen LogP contribution < -0.4 is 15.8 Å². The maximum Gasteiger partial charge on any atom is 0.122 e. The summed E-state index contributed by atoms with van der Waals surface area (Å²) >= 11 is 0. The van der Waals surface area contributed by atoms with Crippen molar-refractivity contribution < 1.29 is 4.74 Å². The van der Waals surface area contributed by atoms with Gasteiger partial charge in [-0.15, -0.1) is 0 Å². The highest BCUT2D eigenvalue weighted by atomic mass is 16.5. The van der Waals surface area contributed by atoms with Gasteiger partial charge in [-0.2, -0.15) is 0 Å². The maximum absolute atomic E-state index is 5.89. The first kappa shape index (κ1) is 10.0. The Labute approximate surface area is 100 Å². The second-order valence-electron chi connectivity index (χ2n) is 4.13. The fraction of sp³-hybridized carbons (Fsp3) is 0.143. The summed E-state index contributed by atoms with van der Waals surface area (Å²) in [5, 5.41) is 3.32. The van der Waals surface area contributed by atoms with Crippen molar-refractivity contribution in [3.8, 4) is 5.75 Å². The molecule has 0 spiro atoms. The van der Waals surface area contributed by atoms with Gasteiger partial charge in [0.1, 0.15) is 5.75 Å². The first-order valence-electron chi connectivity index (χ1n) is 5.70. The molecule has 1 aliphatic rings. The summed E-state index contributed by atoms with van der Waals surface area (Å²) in [4.78, 5) is 0. The summed E-state index contributed by atoms with van der Waals surface area (Å²) in [6, 6.07) is 13.9. The minimum absolute atomic E-state index is 0.754. The van der Waals surface area contributed by atoms with Crippen molar-refractivity contribution in [2.24, 2.45) is 0 Å². The van der Waals surface area contributed by atoms with E-state index < -0.39 is 0 Å². The van der Waals surface area contributed by atoms with Gasteiger partial charge in [0.05, 0.1) is 18.0 Å². The molecule has 17 heavy (non-hydrogen) atoms. The standard InChI is InChI=1S/C14H14N2O/c15-12-3-1-2-4-13(12)16-11-5-6-14-10(9-11)7-8-17-14/h1-6,9,16H,7-8,15H2. The molecule has 0 unspecified atom stereocenters. The Hall–Kier alpha value is -2.16. The monoisotopic (exact) mass is 226 g/mol. The zero-order valence-corrected chi connectivity index (χ0v) is 9.44. The zero-order chi connectivity index (χ0) is 11.7. The molecule has 0 bridgehead atoms. The van der Waals surface area contributed by atoms with Gasteiger partial charge in [-0.1, -0.05) is 12.1 Å². The van der Waals surface area contributed by atoms with Gasteiger partial charge in [0.15, 0.2) is 0 Å². The minimum atomic E-state index is 0.754. The molecule has 86 valence electrons. The number of para-hydroxylation sites is 2. The number of anilines is 3. The molecule has 2 aromatic rings. The molecule has 0 aliphatic carbocycles. The number of nitrogen functional groups attached to an aromatic ring is 1. The van der Waals surface area contributed by atoms with E-state index >= 15 is 0 Å². The van der Waals surface area contributed by atoms with Crippen molar-refractivity contribution in [3.05, 3.63) is 48.0 Å². The number of hydrogen-bond donors (Lipinski definition) is 2. The van der Waals surface area contributed by atoms with Gasteiger partial charge in [-0.25, -0.2) is 0 Å². The third kappa shape index (κ3) is 1.91. The summed E-state index contributed by atoms with van der Waals surface area (Å²) in [7, 11) is 0. The van der Waals surface area contributed by atoms with Crippen LogP contribution in [-0.2, 0) is 6.42 Å². The number of nitrogens with one attached hydrogen (secondary N) is 1. The van der Waals surface area contributed by atoms with Gasteiger partial charge in [-0.3, -0.25) is 0 Å². The second kappa shape index (κ2) is 4.01. The average Bonchev–Trinajstić information content (AvgIpc) is 2.79. The van der Waals surface area contributed by atoms with Crippen LogP contribution in [0.3, 0.4) is 0 Å². The summed E-state index contributed by atoms with van der Waals surface area (Å²) in [6.45, 7) is 0.784. The number of benzene rings is 2. The molecule has 3 N–H and O–H groups in total. The molecule has 3 rings (SSSR count). The second-order valence-corrected chi connectivity index (χ2v) is 4.13. The van der Waals surface area contributed by atoms with Crippen LogP contribution in [-0.4, -0.2) is 6.61 Å². The zero-order valence-electron chi connectivity index (χ0n) is 9.44. The van der Waals surface area contributed by atoms with Crippen LogP contribution in [0.5, 0.6) is 5.75 Å². The predicted molar refractivity (Wildman–Crippen MR) is 69.8 cm³/mol. The number of nitrogens with two attached hydrogens (primary N) is 1. The lowest BCUT2D eigenvalue weighted by Crippen LogP contribution is -1.95. The Kier molecular flexibility index (Phi) is 2.37. The Morgan fingerprint density at radius 3 is 2.88 bits per heavy atom. The van der Waals surface area contributed by atoms with Gasteiger partial charge in [-0.05, 0) is 35.9 Å². The quantitative estimate of drug-likeness (QED) is 0.774. The Morgan fingerprint density at radius 2 is 2.00 bits per heavy atom. The van der Waals surface area contributed by atoms with Gasteiger partial charge in [0, 0.05) is 12.1 Å². The van der Waals surface area contributed by atoms with E-state index in [2.05, 4.69) is 11.4 Å². The topological polar surface area (TPSA) is 47.3 Å². The van der Waals surface area contributed by atoms with Crippen molar-refractivity contribution in [1.82, 2.24) is 0 Å². The molecule has 2 aromatic carbocycles. The highest BCUT2D eigenvalue weighted by Gasteiger charge is 2.12. The van der Waals surface area contributed by atoms with Crippen LogP contribution >= 0.6 is 0 Å². The molecule has 3 heteroatoms. The maximum atomic E-state index is 5.89. The van der Waals surface area contributed by atoms with Gasteiger partial charge in [0.2, 0.25) is 0 Å². The Bertz CT molecular complexity index is 552. The molecule has 0 saturated heterocycles. The van der Waals surface area contributed by atoms with E-state index in [1.807, 2.05) is 36.4 Å². The Morgan fingerprint density at radius 1 is 1.12 bits per heavy atom. The highest BCUT2D eigenvalue weighted by Crippen LogP contribution is 2.30. The van der Waals surface area contributed by atoms with E-state index in [-0.39, 0.29) is 0 Å². The lowest BCUT2D eigenvalue weighted by molar-refractivity contribution is 0.357. The molecular weight excluding hydrogens is 212 g/mol. The minimum Gasteiger partial charge on any atom is -0.493 e. The normalized spacial score (nSPS) is 12.9. The van der Waals surface area contributed by atoms with Crippen molar-refractivity contribution in [3.63, 3.8) is 0 Å². The summed E-state index contributed by atoms with van der Waals surface area (Å²) < 4.78 is 5.47. The lowest BCUT2D eigenvalue weighted by atomic mass is 10.1. The fourth-order valence-electron chi connectivity index (χ4n) is 2.03. The summed E-state index contributed by atoms with van der Waals surface area (Å²) in [5.41, 5.74) is 9.89. The van der Waals surface area contributed by atoms with Gasteiger partial charge < -0.3 is 15.8 Å². The predicted octanol–water partition coefficient (Wildman–Crippen LogP) is 2.95. The molecule has 1 heterocycles. The molecular formula is C14H14N2O. The first-order valence-corrected chi connectivity index (χ1v) is 5.70. The van der Waals surface area contributed by atoms with Gasteiger partial charge in [0.25, 0.3) is 0 Å². The molecule has 0 radical (unpaired) electrons.